The summed E-state index contributed by atoms with van der Waals surface area (Å²) in [7, 11) is 2.58. The average Bonchev–Trinajstić information content (AvgIpc) is 4.07. The number of furan rings is 1. The Morgan fingerprint density at radius 2 is 1.44 bits per heavy atom. The maximum absolute atomic E-state index is 13.2. The summed E-state index contributed by atoms with van der Waals surface area (Å²) in [5.74, 6) is 1.03. The van der Waals surface area contributed by atoms with Crippen LogP contribution in [0.3, 0.4) is 0 Å². The molecule has 5 aromatic rings. The van der Waals surface area contributed by atoms with Crippen LogP contribution in [-0.4, -0.2) is 117 Å². The van der Waals surface area contributed by atoms with E-state index in [4.69, 9.17) is 9.15 Å². The van der Waals surface area contributed by atoms with Crippen molar-refractivity contribution in [3.8, 4) is 33.8 Å². The summed E-state index contributed by atoms with van der Waals surface area (Å²) in [5, 5.41) is 25.0. The number of nitrogens with one attached hydrogen (secondary N) is 4. The van der Waals surface area contributed by atoms with Crippen molar-refractivity contribution < 1.29 is 43.3 Å². The highest BCUT2D eigenvalue weighted by Crippen LogP contribution is 2.36. The largest absolute Gasteiger partial charge is 0.456 e. The molecule has 3 aromatic heterocycles. The van der Waals surface area contributed by atoms with Gasteiger partial charge in [-0.15, -0.1) is 0 Å². The molecule has 5 heterocycles. The van der Waals surface area contributed by atoms with Crippen LogP contribution in [0.25, 0.3) is 44.8 Å². The lowest BCUT2D eigenvalue weighted by Gasteiger charge is -2.27. The quantitative estimate of drug-likeness (QED) is 0.114. The number of aromatic amines is 2. The number of aromatic nitrogens is 4. The Kier molecular flexibility index (Phi) is 10.8. The summed E-state index contributed by atoms with van der Waals surface area (Å²) < 4.78 is 15.9. The Balaban J connectivity index is 1.03. The van der Waals surface area contributed by atoms with E-state index in [-0.39, 0.29) is 12.1 Å². The molecule has 0 saturated carbocycles. The highest BCUT2D eigenvalue weighted by atomic mass is 16.6. The maximum Gasteiger partial charge on any atom is 0.407 e. The van der Waals surface area contributed by atoms with Crippen molar-refractivity contribution in [2.45, 2.75) is 49.9 Å². The smallest absolute Gasteiger partial charge is 0.407 e. The Hall–Kier alpha value is -6.20. The van der Waals surface area contributed by atoms with Gasteiger partial charge in [-0.1, -0.05) is 24.3 Å². The second-order valence-electron chi connectivity index (χ2n) is 13.4. The first-order valence-corrected chi connectivity index (χ1v) is 18.0. The van der Waals surface area contributed by atoms with Gasteiger partial charge in [0.2, 0.25) is 12.0 Å². The molecule has 7 rings (SSSR count). The first-order valence-electron chi connectivity index (χ1n) is 18.0. The summed E-state index contributed by atoms with van der Waals surface area (Å²) >= 11 is 0. The van der Waals surface area contributed by atoms with E-state index in [1.54, 1.807) is 22.2 Å². The molecule has 0 spiro atoms. The number of H-pyrrole nitrogens is 2. The van der Waals surface area contributed by atoms with E-state index in [9.17, 15) is 29.4 Å². The number of benzene rings is 2. The van der Waals surface area contributed by atoms with Crippen LogP contribution in [0.5, 0.6) is 0 Å². The SMILES string of the molecule is CNC(=O)O[C@@H](CO)C(=O)N1CCCC1c1ncc(-c2ccc(-c3cc4cc(-c5cnc([C@@H]6CCCN6C(=O)[C@H](CO)NC(=O)OC)[nH]5)ccc4o3)cc2)[nH]1. The molecule has 288 valence electrons. The third-order valence-corrected chi connectivity index (χ3v) is 10.1. The number of aliphatic hydroxyl groups is 2. The third kappa shape index (κ3) is 7.61. The van der Waals surface area contributed by atoms with Gasteiger partial charge in [-0.25, -0.2) is 19.6 Å². The molecule has 0 bridgehead atoms. The van der Waals surface area contributed by atoms with Gasteiger partial charge in [0.05, 0.1) is 56.2 Å². The standard InChI is InChI=1S/C38H42N8O9/c1-39-37(51)55-32(20-48)36(50)46-14-4-6-29(46)34-40-17-25(42-34)21-7-9-22(10-8-21)31-16-24-15-23(11-12-30(24)54-31)26-18-41-33(43-26)28-5-3-13-45(28)35(49)27(19-47)44-38(52)53-2/h7-12,15-18,27-29,32,47-48H,3-6,13-14,19-20H2,1-2H3,(H,39,51)(H,40,42)(H,41,43)(H,44,52)/t27-,28-,29?,32-/m0/s1. The fourth-order valence-corrected chi connectivity index (χ4v) is 7.23. The number of nitrogens with zero attached hydrogens (tertiary/aromatic N) is 4. The number of amides is 4. The molecule has 0 radical (unpaired) electrons. The highest BCUT2D eigenvalue weighted by molar-refractivity contribution is 5.88. The molecular formula is C38H42N8O9. The van der Waals surface area contributed by atoms with Crippen LogP contribution in [0.2, 0.25) is 0 Å². The van der Waals surface area contributed by atoms with E-state index in [1.807, 2.05) is 48.5 Å². The molecule has 4 amide bonds. The molecule has 2 aromatic carbocycles. The topological polar surface area (TPSA) is 228 Å². The van der Waals surface area contributed by atoms with E-state index in [1.165, 1.54) is 14.2 Å². The average molecular weight is 755 g/mol. The molecule has 0 aliphatic carbocycles. The number of aliphatic hydroxyl groups excluding tert-OH is 2. The molecule has 55 heavy (non-hydrogen) atoms. The van der Waals surface area contributed by atoms with Crippen molar-refractivity contribution in [2.75, 3.05) is 40.5 Å². The Morgan fingerprint density at radius 1 is 0.836 bits per heavy atom. The van der Waals surface area contributed by atoms with Gasteiger partial charge in [0.1, 0.15) is 29.0 Å². The lowest BCUT2D eigenvalue weighted by atomic mass is 10.1. The molecule has 17 heteroatoms. The Morgan fingerprint density at radius 3 is 2.04 bits per heavy atom. The molecule has 2 saturated heterocycles. The van der Waals surface area contributed by atoms with Crippen molar-refractivity contribution in [1.82, 2.24) is 40.4 Å². The van der Waals surface area contributed by atoms with E-state index in [0.717, 1.165) is 46.3 Å². The fraction of sp³-hybridized carbons (Fsp3) is 0.368. The second-order valence-corrected chi connectivity index (χ2v) is 13.4. The number of carbonyl (C=O) groups is 4. The zero-order valence-electron chi connectivity index (χ0n) is 30.3. The first-order chi connectivity index (χ1) is 26.7. The fourth-order valence-electron chi connectivity index (χ4n) is 7.23. The molecule has 4 atom stereocenters. The number of ether oxygens (including phenoxy) is 2. The van der Waals surface area contributed by atoms with Crippen molar-refractivity contribution in [2.24, 2.45) is 0 Å². The first kappa shape index (κ1) is 37.1. The van der Waals surface area contributed by atoms with E-state index in [0.29, 0.717) is 48.9 Å². The minimum atomic E-state index is -1.30. The van der Waals surface area contributed by atoms with Crippen LogP contribution in [0.4, 0.5) is 9.59 Å². The number of methoxy groups -OCH3 is 1. The van der Waals surface area contributed by atoms with Gasteiger partial charge in [0, 0.05) is 36.7 Å². The second kappa shape index (κ2) is 16.0. The van der Waals surface area contributed by atoms with Crippen LogP contribution in [-0.2, 0) is 19.1 Å². The molecule has 6 N–H and O–H groups in total. The van der Waals surface area contributed by atoms with Gasteiger partial charge in [-0.3, -0.25) is 9.59 Å². The van der Waals surface area contributed by atoms with Crippen LogP contribution in [0, 0.1) is 0 Å². The lowest BCUT2D eigenvalue weighted by molar-refractivity contribution is -0.143. The van der Waals surface area contributed by atoms with E-state index in [2.05, 4.69) is 35.3 Å². The number of hydrogen-bond donors (Lipinski definition) is 6. The van der Waals surface area contributed by atoms with Gasteiger partial charge in [-0.2, -0.15) is 0 Å². The number of carbonyl (C=O) groups excluding carboxylic acids is 4. The van der Waals surface area contributed by atoms with Crippen molar-refractivity contribution in [3.63, 3.8) is 0 Å². The molecule has 2 fully saturated rings. The summed E-state index contributed by atoms with van der Waals surface area (Å²) in [6.45, 7) is -0.253. The summed E-state index contributed by atoms with van der Waals surface area (Å²) in [6, 6.07) is 13.8. The van der Waals surface area contributed by atoms with Crippen LogP contribution in [0.15, 0.2) is 65.3 Å². The predicted molar refractivity (Wildman–Crippen MR) is 197 cm³/mol. The minimum absolute atomic E-state index is 0.335. The number of alkyl carbamates (subject to hydrolysis) is 2. The molecular weight excluding hydrogens is 712 g/mol. The van der Waals surface area contributed by atoms with Gasteiger partial charge >= 0.3 is 12.2 Å². The predicted octanol–water partition coefficient (Wildman–Crippen LogP) is 3.64. The lowest BCUT2D eigenvalue weighted by Crippen LogP contribution is -2.50. The van der Waals surface area contributed by atoms with Crippen molar-refractivity contribution in [3.05, 3.63) is 72.6 Å². The van der Waals surface area contributed by atoms with Crippen LogP contribution < -0.4 is 10.6 Å². The zero-order valence-corrected chi connectivity index (χ0v) is 30.3. The third-order valence-electron chi connectivity index (χ3n) is 10.1. The van der Waals surface area contributed by atoms with Crippen molar-refractivity contribution >= 4 is 35.0 Å². The van der Waals surface area contributed by atoms with Gasteiger partial charge in [0.25, 0.3) is 5.91 Å². The molecule has 1 unspecified atom stereocenters. The molecule has 17 nitrogen and oxygen atoms in total. The van der Waals surface area contributed by atoms with Gasteiger partial charge < -0.3 is 54.5 Å². The number of hydrogen-bond acceptors (Lipinski definition) is 11. The van der Waals surface area contributed by atoms with Gasteiger partial charge in [-0.05, 0) is 55.5 Å². The molecule has 2 aliphatic heterocycles. The maximum atomic E-state index is 13.2. The Labute approximate surface area is 315 Å². The van der Waals surface area contributed by atoms with Crippen LogP contribution in [0.1, 0.15) is 49.4 Å². The normalized spacial score (nSPS) is 18.0. The van der Waals surface area contributed by atoms with E-state index < -0.39 is 49.4 Å². The number of imidazole rings is 2. The number of fused-ring (bicyclic) bond motifs is 1. The number of likely N-dealkylation sites (tertiary alicyclic amines) is 2. The van der Waals surface area contributed by atoms with Crippen LogP contribution >= 0.6 is 0 Å². The van der Waals surface area contributed by atoms with Gasteiger partial charge in [0.15, 0.2) is 0 Å². The van der Waals surface area contributed by atoms with Crippen molar-refractivity contribution in [1.29, 1.82) is 0 Å². The summed E-state index contributed by atoms with van der Waals surface area (Å²) in [6.07, 6.45) is 3.41. The van der Waals surface area contributed by atoms with E-state index >= 15 is 0 Å². The molecule has 2 aliphatic rings. The zero-order chi connectivity index (χ0) is 38.6. The Bertz CT molecular complexity index is 2180. The summed E-state index contributed by atoms with van der Waals surface area (Å²) in [4.78, 5) is 68.8. The monoisotopic (exact) mass is 754 g/mol. The number of rotatable bonds is 11. The highest BCUT2D eigenvalue weighted by Gasteiger charge is 2.38. The summed E-state index contributed by atoms with van der Waals surface area (Å²) in [5.41, 5.74) is 4.89. The minimum Gasteiger partial charge on any atom is -0.456 e.